The van der Waals surface area contributed by atoms with Gasteiger partial charge in [0.2, 0.25) is 10.0 Å². The molecule has 0 aliphatic carbocycles. The highest BCUT2D eigenvalue weighted by Gasteiger charge is 2.22. The number of amides is 1. The number of ether oxygens (including phenoxy) is 1. The first-order valence-electron chi connectivity index (χ1n) is 10.5. The zero-order chi connectivity index (χ0) is 24.2. The fraction of sp³-hybridized carbons (Fsp3) is 0.280. The van der Waals surface area contributed by atoms with Gasteiger partial charge in [-0.3, -0.25) is 4.79 Å². The maximum Gasteiger partial charge on any atom is 0.338 e. The largest absolute Gasteiger partial charge is 0.452 e. The Labute approximate surface area is 194 Å². The maximum atomic E-state index is 12.4. The highest BCUT2D eigenvalue weighted by atomic mass is 32.2. The fourth-order valence-electron chi connectivity index (χ4n) is 3.44. The van der Waals surface area contributed by atoms with E-state index in [2.05, 4.69) is 10.0 Å². The van der Waals surface area contributed by atoms with Crippen molar-refractivity contribution >= 4 is 32.7 Å². The van der Waals surface area contributed by atoms with Crippen LogP contribution in [0.1, 0.15) is 49.7 Å². The molecule has 8 heteroatoms. The molecular weight excluding hydrogens is 440 g/mol. The van der Waals surface area contributed by atoms with Gasteiger partial charge >= 0.3 is 5.97 Å². The molecule has 3 aromatic rings. The van der Waals surface area contributed by atoms with Gasteiger partial charge < -0.3 is 10.1 Å². The Kier molecular flexibility index (Phi) is 7.19. The average Bonchev–Trinajstić information content (AvgIpc) is 2.75. The topological polar surface area (TPSA) is 102 Å². The molecule has 0 aliphatic rings. The van der Waals surface area contributed by atoms with Crippen LogP contribution in [-0.4, -0.2) is 32.4 Å². The molecule has 3 aromatic carbocycles. The lowest BCUT2D eigenvalue weighted by molar-refractivity contribution is -0.124. The van der Waals surface area contributed by atoms with Crippen LogP contribution in [0.4, 0.5) is 0 Å². The summed E-state index contributed by atoms with van der Waals surface area (Å²) in [4.78, 5) is 24.7. The number of benzene rings is 3. The van der Waals surface area contributed by atoms with Crippen LogP contribution in [0.2, 0.25) is 0 Å². The summed E-state index contributed by atoms with van der Waals surface area (Å²) in [6.07, 6.45) is 0. The van der Waals surface area contributed by atoms with E-state index in [1.165, 1.54) is 24.3 Å². The molecule has 2 N–H and O–H groups in total. The smallest absolute Gasteiger partial charge is 0.338 e. The summed E-state index contributed by atoms with van der Waals surface area (Å²) in [6.45, 7) is 6.64. The van der Waals surface area contributed by atoms with Gasteiger partial charge in [0, 0.05) is 5.54 Å². The standard InChI is InChI=1S/C25H28N2O5S/c1-17(21-11-7-9-18-8-5-6-10-22(18)21)26-23(28)16-32-24(29)19-12-14-20(15-13-19)33(30,31)27-25(2,3)4/h5-15,17,27H,16H2,1-4H3,(H,26,28). The van der Waals surface area contributed by atoms with Gasteiger partial charge in [-0.1, -0.05) is 42.5 Å². The van der Waals surface area contributed by atoms with Crippen molar-refractivity contribution in [3.05, 3.63) is 77.9 Å². The molecule has 7 nitrogen and oxygen atoms in total. The van der Waals surface area contributed by atoms with Crippen molar-refractivity contribution in [2.75, 3.05) is 6.61 Å². The normalized spacial score (nSPS) is 12.8. The summed E-state index contributed by atoms with van der Waals surface area (Å²) in [5, 5.41) is 4.96. The summed E-state index contributed by atoms with van der Waals surface area (Å²) in [5.74, 6) is -1.15. The summed E-state index contributed by atoms with van der Waals surface area (Å²) in [7, 11) is -3.71. The van der Waals surface area contributed by atoms with Crippen molar-refractivity contribution in [2.45, 2.75) is 44.2 Å². The minimum Gasteiger partial charge on any atom is -0.452 e. The molecule has 3 rings (SSSR count). The van der Waals surface area contributed by atoms with E-state index in [9.17, 15) is 18.0 Å². The Morgan fingerprint density at radius 3 is 2.24 bits per heavy atom. The third-order valence-electron chi connectivity index (χ3n) is 4.84. The number of rotatable bonds is 7. The molecule has 0 spiro atoms. The van der Waals surface area contributed by atoms with Crippen LogP contribution < -0.4 is 10.0 Å². The Morgan fingerprint density at radius 2 is 1.58 bits per heavy atom. The predicted octanol–water partition coefficient (Wildman–Crippen LogP) is 3.95. The number of fused-ring (bicyclic) bond motifs is 1. The van der Waals surface area contributed by atoms with Gasteiger partial charge in [-0.15, -0.1) is 0 Å². The van der Waals surface area contributed by atoms with Gasteiger partial charge in [0.15, 0.2) is 6.61 Å². The third kappa shape index (κ3) is 6.40. The number of esters is 1. The van der Waals surface area contributed by atoms with Crippen LogP contribution in [-0.2, 0) is 19.6 Å². The molecule has 0 saturated carbocycles. The zero-order valence-corrected chi connectivity index (χ0v) is 19.9. The third-order valence-corrected chi connectivity index (χ3v) is 6.62. The van der Waals surface area contributed by atoms with Crippen molar-refractivity contribution in [2.24, 2.45) is 0 Å². The number of nitrogens with one attached hydrogen (secondary N) is 2. The highest BCUT2D eigenvalue weighted by Crippen LogP contribution is 2.24. The molecule has 0 aliphatic heterocycles. The minimum absolute atomic E-state index is 0.0376. The van der Waals surface area contributed by atoms with Crippen molar-refractivity contribution in [1.29, 1.82) is 0 Å². The maximum absolute atomic E-state index is 12.4. The van der Waals surface area contributed by atoms with Gasteiger partial charge in [-0.05, 0) is 68.3 Å². The Morgan fingerprint density at radius 1 is 0.939 bits per heavy atom. The van der Waals surface area contributed by atoms with E-state index >= 15 is 0 Å². The second-order valence-electron chi connectivity index (χ2n) is 8.81. The Bertz CT molecular complexity index is 1260. The van der Waals surface area contributed by atoms with Crippen LogP contribution in [0.15, 0.2) is 71.6 Å². The van der Waals surface area contributed by atoms with Gasteiger partial charge in [-0.25, -0.2) is 17.9 Å². The lowest BCUT2D eigenvalue weighted by Gasteiger charge is -2.20. The number of hydrogen-bond acceptors (Lipinski definition) is 5. The van der Waals surface area contributed by atoms with Crippen LogP contribution in [0, 0.1) is 0 Å². The van der Waals surface area contributed by atoms with Gasteiger partial charge in [0.05, 0.1) is 16.5 Å². The van der Waals surface area contributed by atoms with E-state index in [-0.39, 0.29) is 16.5 Å². The van der Waals surface area contributed by atoms with Crippen LogP contribution in [0.3, 0.4) is 0 Å². The summed E-state index contributed by atoms with van der Waals surface area (Å²) >= 11 is 0. The number of carbonyl (C=O) groups is 2. The quantitative estimate of drug-likeness (QED) is 0.511. The monoisotopic (exact) mass is 468 g/mol. The van der Waals surface area contributed by atoms with E-state index in [0.29, 0.717) is 0 Å². The zero-order valence-electron chi connectivity index (χ0n) is 19.1. The van der Waals surface area contributed by atoms with E-state index in [0.717, 1.165) is 16.3 Å². The van der Waals surface area contributed by atoms with Gasteiger partial charge in [0.1, 0.15) is 0 Å². The van der Waals surface area contributed by atoms with E-state index in [4.69, 9.17) is 4.74 Å². The Balaban J connectivity index is 1.58. The molecular formula is C25H28N2O5S. The first kappa shape index (κ1) is 24.4. The van der Waals surface area contributed by atoms with E-state index in [1.807, 2.05) is 49.4 Å². The molecule has 1 unspecified atom stereocenters. The lowest BCUT2D eigenvalue weighted by atomic mass is 10.00. The van der Waals surface area contributed by atoms with Crippen molar-refractivity contribution < 1.29 is 22.7 Å². The van der Waals surface area contributed by atoms with Crippen molar-refractivity contribution in [1.82, 2.24) is 10.0 Å². The van der Waals surface area contributed by atoms with E-state index < -0.39 is 34.0 Å². The molecule has 0 heterocycles. The summed E-state index contributed by atoms with van der Waals surface area (Å²) in [6, 6.07) is 18.9. The molecule has 0 aromatic heterocycles. The molecule has 0 saturated heterocycles. The second-order valence-corrected chi connectivity index (χ2v) is 10.5. The molecule has 0 fully saturated rings. The van der Waals surface area contributed by atoms with Crippen LogP contribution >= 0.6 is 0 Å². The van der Waals surface area contributed by atoms with Gasteiger partial charge in [0.25, 0.3) is 5.91 Å². The molecule has 1 amide bonds. The fourth-order valence-corrected chi connectivity index (χ4v) is 4.85. The Hall–Kier alpha value is -3.23. The number of hydrogen-bond donors (Lipinski definition) is 2. The van der Waals surface area contributed by atoms with Crippen LogP contribution in [0.5, 0.6) is 0 Å². The molecule has 0 bridgehead atoms. The van der Waals surface area contributed by atoms with Crippen LogP contribution in [0.25, 0.3) is 10.8 Å². The van der Waals surface area contributed by atoms with Crippen molar-refractivity contribution in [3.8, 4) is 0 Å². The number of carbonyl (C=O) groups excluding carboxylic acids is 2. The molecule has 1 atom stereocenters. The molecule has 174 valence electrons. The summed E-state index contributed by atoms with van der Waals surface area (Å²) < 4.78 is 32.4. The number of sulfonamides is 1. The second kappa shape index (κ2) is 9.72. The predicted molar refractivity (Wildman–Crippen MR) is 127 cm³/mol. The molecule has 0 radical (unpaired) electrons. The first-order chi connectivity index (χ1) is 15.5. The minimum atomic E-state index is -3.71. The first-order valence-corrected chi connectivity index (χ1v) is 12.0. The van der Waals surface area contributed by atoms with Gasteiger partial charge in [-0.2, -0.15) is 0 Å². The SMILES string of the molecule is CC(NC(=O)COC(=O)c1ccc(S(=O)(=O)NC(C)(C)C)cc1)c1cccc2ccccc12. The van der Waals surface area contributed by atoms with E-state index in [1.54, 1.807) is 20.8 Å². The lowest BCUT2D eigenvalue weighted by Crippen LogP contribution is -2.40. The molecule has 33 heavy (non-hydrogen) atoms. The van der Waals surface area contributed by atoms with Crippen molar-refractivity contribution in [3.63, 3.8) is 0 Å². The average molecular weight is 469 g/mol. The highest BCUT2D eigenvalue weighted by molar-refractivity contribution is 7.89. The summed E-state index contributed by atoms with van der Waals surface area (Å²) in [5.41, 5.74) is 0.487.